The van der Waals surface area contributed by atoms with Crippen molar-refractivity contribution in [3.63, 3.8) is 0 Å². The second-order valence-corrected chi connectivity index (χ2v) is 3.83. The lowest BCUT2D eigenvalue weighted by Crippen LogP contribution is -2.13. The quantitative estimate of drug-likeness (QED) is 0.902. The molecule has 1 N–H and O–H groups in total. The molecule has 0 fully saturated rings. The molecule has 2 rings (SSSR count). The molecule has 0 spiro atoms. The van der Waals surface area contributed by atoms with Crippen molar-refractivity contribution in [2.24, 2.45) is 0 Å². The zero-order valence-electron chi connectivity index (χ0n) is 10.4. The van der Waals surface area contributed by atoms with Crippen molar-refractivity contribution in [1.82, 2.24) is 15.3 Å². The summed E-state index contributed by atoms with van der Waals surface area (Å²) in [4.78, 5) is 8.14. The second-order valence-electron chi connectivity index (χ2n) is 3.83. The van der Waals surface area contributed by atoms with Crippen LogP contribution in [-0.2, 0) is 6.54 Å². The van der Waals surface area contributed by atoms with Gasteiger partial charge in [0.2, 0.25) is 5.88 Å². The highest BCUT2D eigenvalue weighted by Crippen LogP contribution is 2.20. The fourth-order valence-corrected chi connectivity index (χ4v) is 1.45. The van der Waals surface area contributed by atoms with Gasteiger partial charge in [-0.05, 0) is 6.54 Å². The van der Waals surface area contributed by atoms with E-state index < -0.39 is 11.6 Å². The number of ether oxygens (including phenoxy) is 1. The van der Waals surface area contributed by atoms with Gasteiger partial charge in [-0.25, -0.2) is 13.8 Å². The Kier molecular flexibility index (Phi) is 4.35. The molecule has 0 saturated carbocycles. The van der Waals surface area contributed by atoms with E-state index in [9.17, 15) is 8.78 Å². The Labute approximate surface area is 109 Å². The second kappa shape index (κ2) is 6.19. The van der Waals surface area contributed by atoms with E-state index in [0.717, 1.165) is 30.4 Å². The Balaban J connectivity index is 2.06. The first-order valence-corrected chi connectivity index (χ1v) is 5.83. The molecule has 0 amide bonds. The Morgan fingerprint density at radius 1 is 1.11 bits per heavy atom. The van der Waals surface area contributed by atoms with Gasteiger partial charge >= 0.3 is 0 Å². The highest BCUT2D eigenvalue weighted by molar-refractivity contribution is 5.27. The normalized spacial score (nSPS) is 10.5. The topological polar surface area (TPSA) is 47.0 Å². The van der Waals surface area contributed by atoms with Crippen LogP contribution in [0.25, 0.3) is 0 Å². The molecule has 0 saturated heterocycles. The molecule has 1 aromatic heterocycles. The lowest BCUT2D eigenvalue weighted by atomic mass is 10.3. The first-order chi connectivity index (χ1) is 9.17. The summed E-state index contributed by atoms with van der Waals surface area (Å²) in [6.45, 7) is 3.43. The molecule has 6 heteroatoms. The molecule has 4 nitrogen and oxygen atoms in total. The molecule has 0 bridgehead atoms. The third-order valence-electron chi connectivity index (χ3n) is 2.30. The maximum Gasteiger partial charge on any atom is 0.237 e. The molecular weight excluding hydrogens is 252 g/mol. The van der Waals surface area contributed by atoms with E-state index in [1.165, 1.54) is 6.20 Å². The number of nitrogens with zero attached hydrogens (tertiary/aromatic N) is 2. The maximum atomic E-state index is 13.0. The van der Waals surface area contributed by atoms with Gasteiger partial charge in [-0.3, -0.25) is 4.98 Å². The predicted octanol–water partition coefficient (Wildman–Crippen LogP) is 2.66. The van der Waals surface area contributed by atoms with Gasteiger partial charge in [-0.15, -0.1) is 0 Å². The molecule has 1 heterocycles. The highest BCUT2D eigenvalue weighted by atomic mass is 19.1. The van der Waals surface area contributed by atoms with E-state index in [1.807, 2.05) is 6.92 Å². The van der Waals surface area contributed by atoms with Crippen LogP contribution in [0.2, 0.25) is 0 Å². The zero-order valence-corrected chi connectivity index (χ0v) is 10.4. The van der Waals surface area contributed by atoms with Crippen LogP contribution in [-0.4, -0.2) is 16.5 Å². The smallest absolute Gasteiger partial charge is 0.237 e. The minimum atomic E-state index is -0.702. The third kappa shape index (κ3) is 3.96. The van der Waals surface area contributed by atoms with Crippen LogP contribution in [0.5, 0.6) is 11.6 Å². The molecule has 100 valence electrons. The summed E-state index contributed by atoms with van der Waals surface area (Å²) in [6, 6.07) is 2.94. The van der Waals surface area contributed by atoms with Crippen LogP contribution in [0, 0.1) is 11.6 Å². The molecule has 0 unspecified atom stereocenters. The summed E-state index contributed by atoms with van der Waals surface area (Å²) in [5.41, 5.74) is 0.764. The fourth-order valence-electron chi connectivity index (χ4n) is 1.45. The summed E-state index contributed by atoms with van der Waals surface area (Å²) < 4.78 is 31.2. The molecule has 0 aliphatic rings. The third-order valence-corrected chi connectivity index (χ3v) is 2.30. The number of nitrogens with one attached hydrogen (secondary N) is 1. The molecular formula is C13H13F2N3O. The van der Waals surface area contributed by atoms with Gasteiger partial charge in [0.15, 0.2) is 0 Å². The minimum Gasteiger partial charge on any atom is -0.437 e. The Morgan fingerprint density at radius 3 is 2.42 bits per heavy atom. The summed E-state index contributed by atoms with van der Waals surface area (Å²) in [5.74, 6) is -1.17. The van der Waals surface area contributed by atoms with Gasteiger partial charge in [0.1, 0.15) is 17.4 Å². The zero-order chi connectivity index (χ0) is 13.7. The predicted molar refractivity (Wildman–Crippen MR) is 65.8 cm³/mol. The summed E-state index contributed by atoms with van der Waals surface area (Å²) in [6.07, 6.45) is 2.96. The van der Waals surface area contributed by atoms with Crippen LogP contribution in [0.3, 0.4) is 0 Å². The van der Waals surface area contributed by atoms with E-state index in [1.54, 1.807) is 6.20 Å². The Bertz CT molecular complexity index is 526. The van der Waals surface area contributed by atoms with E-state index in [4.69, 9.17) is 4.74 Å². The van der Waals surface area contributed by atoms with Crippen LogP contribution in [0.15, 0.2) is 30.6 Å². The monoisotopic (exact) mass is 265 g/mol. The summed E-state index contributed by atoms with van der Waals surface area (Å²) in [7, 11) is 0. The molecule has 1 aromatic carbocycles. The van der Waals surface area contributed by atoms with Crippen LogP contribution in [0.4, 0.5) is 8.78 Å². The Morgan fingerprint density at radius 2 is 1.84 bits per heavy atom. The van der Waals surface area contributed by atoms with Crippen molar-refractivity contribution in [2.75, 3.05) is 6.54 Å². The average molecular weight is 265 g/mol. The highest BCUT2D eigenvalue weighted by Gasteiger charge is 2.04. The lowest BCUT2D eigenvalue weighted by molar-refractivity contribution is 0.448. The van der Waals surface area contributed by atoms with Crippen molar-refractivity contribution in [3.05, 3.63) is 47.9 Å². The molecule has 0 radical (unpaired) electrons. The summed E-state index contributed by atoms with van der Waals surface area (Å²) >= 11 is 0. The van der Waals surface area contributed by atoms with Crippen molar-refractivity contribution in [3.8, 4) is 11.6 Å². The van der Waals surface area contributed by atoms with E-state index in [0.29, 0.717) is 6.54 Å². The van der Waals surface area contributed by atoms with Gasteiger partial charge < -0.3 is 10.1 Å². The molecule has 0 atom stereocenters. The number of hydrogen-bond acceptors (Lipinski definition) is 4. The molecule has 2 aromatic rings. The number of aromatic nitrogens is 2. The first kappa shape index (κ1) is 13.4. The fraction of sp³-hybridized carbons (Fsp3) is 0.231. The largest absolute Gasteiger partial charge is 0.437 e. The number of rotatable bonds is 5. The van der Waals surface area contributed by atoms with E-state index in [-0.39, 0.29) is 11.6 Å². The van der Waals surface area contributed by atoms with Gasteiger partial charge in [0, 0.05) is 24.7 Å². The van der Waals surface area contributed by atoms with Crippen LogP contribution in [0.1, 0.15) is 12.6 Å². The van der Waals surface area contributed by atoms with Crippen LogP contribution < -0.4 is 10.1 Å². The average Bonchev–Trinajstić information content (AvgIpc) is 2.37. The standard InChI is InChI=1S/C13H13F2N3O/c1-2-16-6-11-7-18-13(8-17-11)19-12-4-9(14)3-10(15)5-12/h3-5,7-8,16H,2,6H2,1H3. The van der Waals surface area contributed by atoms with Gasteiger partial charge in [0.25, 0.3) is 0 Å². The van der Waals surface area contributed by atoms with Crippen molar-refractivity contribution < 1.29 is 13.5 Å². The number of hydrogen-bond donors (Lipinski definition) is 1. The van der Waals surface area contributed by atoms with Crippen molar-refractivity contribution >= 4 is 0 Å². The first-order valence-electron chi connectivity index (χ1n) is 5.83. The van der Waals surface area contributed by atoms with E-state index in [2.05, 4.69) is 15.3 Å². The van der Waals surface area contributed by atoms with Crippen molar-refractivity contribution in [1.29, 1.82) is 0 Å². The molecule has 19 heavy (non-hydrogen) atoms. The molecule has 0 aliphatic heterocycles. The van der Waals surface area contributed by atoms with E-state index >= 15 is 0 Å². The van der Waals surface area contributed by atoms with Gasteiger partial charge in [0.05, 0.1) is 18.1 Å². The van der Waals surface area contributed by atoms with Gasteiger partial charge in [-0.2, -0.15) is 0 Å². The number of benzene rings is 1. The molecule has 0 aliphatic carbocycles. The lowest BCUT2D eigenvalue weighted by Gasteiger charge is -2.05. The SMILES string of the molecule is CCNCc1cnc(Oc2cc(F)cc(F)c2)cn1. The maximum absolute atomic E-state index is 13.0. The van der Waals surface area contributed by atoms with Crippen molar-refractivity contribution in [2.45, 2.75) is 13.5 Å². The summed E-state index contributed by atoms with van der Waals surface area (Å²) in [5, 5.41) is 3.11. The van der Waals surface area contributed by atoms with Gasteiger partial charge in [-0.1, -0.05) is 6.92 Å². The Hall–Kier alpha value is -2.08. The number of halogens is 2. The minimum absolute atomic E-state index is 0.0474. The van der Waals surface area contributed by atoms with Crippen LogP contribution >= 0.6 is 0 Å².